The number of aliphatic hydroxyl groups excluding tert-OH is 1. The highest BCUT2D eigenvalue weighted by Gasteiger charge is 2.13. The molecular formula is C17H19ClN2O3. The Balaban J connectivity index is 1.73. The molecule has 0 aliphatic heterocycles. The van der Waals surface area contributed by atoms with Gasteiger partial charge in [0.25, 0.3) is 0 Å². The van der Waals surface area contributed by atoms with Crippen LogP contribution in [-0.4, -0.2) is 30.9 Å². The standard InChI is InChI=1S/C17H19ClN2O3/c18-14-8-6-13(7-9-14)16(12-21)20-17(22)19-10-11-23-15-4-2-1-3-5-15/h1-9,16,21H,10-12H2,(H2,19,20,22). The van der Waals surface area contributed by atoms with Gasteiger partial charge in [0.2, 0.25) is 0 Å². The van der Waals surface area contributed by atoms with Gasteiger partial charge in [-0.15, -0.1) is 0 Å². The number of hydrogen-bond acceptors (Lipinski definition) is 3. The minimum Gasteiger partial charge on any atom is -0.492 e. The molecule has 3 N–H and O–H groups in total. The van der Waals surface area contributed by atoms with Gasteiger partial charge in [0.1, 0.15) is 12.4 Å². The van der Waals surface area contributed by atoms with E-state index in [1.54, 1.807) is 24.3 Å². The molecule has 2 amide bonds. The van der Waals surface area contributed by atoms with Gasteiger partial charge in [-0.25, -0.2) is 4.79 Å². The fourth-order valence-corrected chi connectivity index (χ4v) is 2.11. The van der Waals surface area contributed by atoms with Crippen molar-refractivity contribution in [1.82, 2.24) is 10.6 Å². The van der Waals surface area contributed by atoms with E-state index in [0.717, 1.165) is 11.3 Å². The van der Waals surface area contributed by atoms with E-state index in [9.17, 15) is 9.90 Å². The van der Waals surface area contributed by atoms with Crippen LogP contribution < -0.4 is 15.4 Å². The van der Waals surface area contributed by atoms with Crippen LogP contribution in [0.1, 0.15) is 11.6 Å². The average Bonchev–Trinajstić information content (AvgIpc) is 2.58. The van der Waals surface area contributed by atoms with E-state index in [0.29, 0.717) is 18.2 Å². The summed E-state index contributed by atoms with van der Waals surface area (Å²) in [5.74, 6) is 0.754. The summed E-state index contributed by atoms with van der Waals surface area (Å²) in [7, 11) is 0. The fourth-order valence-electron chi connectivity index (χ4n) is 1.99. The first kappa shape index (κ1) is 17.1. The third-order valence-corrected chi connectivity index (χ3v) is 3.41. The van der Waals surface area contributed by atoms with E-state index in [2.05, 4.69) is 10.6 Å². The van der Waals surface area contributed by atoms with Crippen molar-refractivity contribution in [3.05, 3.63) is 65.2 Å². The summed E-state index contributed by atoms with van der Waals surface area (Å²) >= 11 is 5.82. The van der Waals surface area contributed by atoms with Crippen molar-refractivity contribution in [1.29, 1.82) is 0 Å². The Labute approximate surface area is 140 Å². The van der Waals surface area contributed by atoms with Gasteiger partial charge in [0.05, 0.1) is 19.2 Å². The number of carbonyl (C=O) groups is 1. The highest BCUT2D eigenvalue weighted by molar-refractivity contribution is 6.30. The minimum absolute atomic E-state index is 0.199. The molecule has 1 atom stereocenters. The second kappa shape index (κ2) is 9.02. The van der Waals surface area contributed by atoms with Crippen molar-refractivity contribution in [2.24, 2.45) is 0 Å². The largest absolute Gasteiger partial charge is 0.492 e. The second-order valence-electron chi connectivity index (χ2n) is 4.85. The molecular weight excluding hydrogens is 316 g/mol. The van der Waals surface area contributed by atoms with Crippen molar-refractivity contribution in [2.45, 2.75) is 6.04 Å². The third kappa shape index (κ3) is 5.81. The molecule has 0 fully saturated rings. The van der Waals surface area contributed by atoms with Gasteiger partial charge in [-0.2, -0.15) is 0 Å². The quantitative estimate of drug-likeness (QED) is 0.682. The van der Waals surface area contributed by atoms with E-state index in [-0.39, 0.29) is 12.6 Å². The first-order valence-electron chi connectivity index (χ1n) is 7.27. The van der Waals surface area contributed by atoms with E-state index in [1.165, 1.54) is 0 Å². The number of nitrogens with one attached hydrogen (secondary N) is 2. The number of amides is 2. The summed E-state index contributed by atoms with van der Waals surface area (Å²) in [5.41, 5.74) is 0.785. The summed E-state index contributed by atoms with van der Waals surface area (Å²) in [4.78, 5) is 11.8. The summed E-state index contributed by atoms with van der Waals surface area (Å²) < 4.78 is 5.48. The van der Waals surface area contributed by atoms with Crippen molar-refractivity contribution < 1.29 is 14.6 Å². The van der Waals surface area contributed by atoms with Gasteiger partial charge in [-0.3, -0.25) is 0 Å². The molecule has 0 saturated carbocycles. The van der Waals surface area contributed by atoms with Gasteiger partial charge in [0.15, 0.2) is 0 Å². The number of carbonyl (C=O) groups excluding carboxylic acids is 1. The summed E-state index contributed by atoms with van der Waals surface area (Å²) in [5, 5.41) is 15.4. The third-order valence-electron chi connectivity index (χ3n) is 3.16. The Kier molecular flexibility index (Phi) is 6.72. The Morgan fingerprint density at radius 2 is 1.83 bits per heavy atom. The van der Waals surface area contributed by atoms with E-state index >= 15 is 0 Å². The molecule has 1 unspecified atom stereocenters. The average molecular weight is 335 g/mol. The van der Waals surface area contributed by atoms with Gasteiger partial charge in [0, 0.05) is 5.02 Å². The highest BCUT2D eigenvalue weighted by atomic mass is 35.5. The predicted octanol–water partition coefficient (Wildman–Crippen LogP) is 2.75. The van der Waals surface area contributed by atoms with E-state index in [1.807, 2.05) is 30.3 Å². The number of para-hydroxylation sites is 1. The molecule has 122 valence electrons. The molecule has 2 rings (SSSR count). The number of aliphatic hydroxyl groups is 1. The smallest absolute Gasteiger partial charge is 0.315 e. The van der Waals surface area contributed by atoms with Crippen LogP contribution in [0, 0.1) is 0 Å². The van der Waals surface area contributed by atoms with Crippen molar-refractivity contribution in [3.63, 3.8) is 0 Å². The number of hydrogen-bond donors (Lipinski definition) is 3. The van der Waals surface area contributed by atoms with Crippen LogP contribution in [0.4, 0.5) is 4.79 Å². The van der Waals surface area contributed by atoms with Crippen LogP contribution in [0.3, 0.4) is 0 Å². The predicted molar refractivity (Wildman–Crippen MR) is 89.8 cm³/mol. The van der Waals surface area contributed by atoms with E-state index < -0.39 is 6.04 Å². The van der Waals surface area contributed by atoms with Crippen LogP contribution in [0.15, 0.2) is 54.6 Å². The number of ether oxygens (including phenoxy) is 1. The Morgan fingerprint density at radius 3 is 2.48 bits per heavy atom. The monoisotopic (exact) mass is 334 g/mol. The SMILES string of the molecule is O=C(NCCOc1ccccc1)NC(CO)c1ccc(Cl)cc1. The van der Waals surface area contributed by atoms with Crippen LogP contribution in [0.2, 0.25) is 5.02 Å². The zero-order valence-corrected chi connectivity index (χ0v) is 13.3. The zero-order chi connectivity index (χ0) is 16.5. The van der Waals surface area contributed by atoms with Crippen LogP contribution >= 0.6 is 11.6 Å². The van der Waals surface area contributed by atoms with Gasteiger partial charge >= 0.3 is 6.03 Å². The summed E-state index contributed by atoms with van der Waals surface area (Å²) in [6.45, 7) is 0.525. The Hall–Kier alpha value is -2.24. The lowest BCUT2D eigenvalue weighted by Gasteiger charge is -2.17. The minimum atomic E-state index is -0.484. The van der Waals surface area contributed by atoms with Crippen molar-refractivity contribution >= 4 is 17.6 Å². The number of benzene rings is 2. The zero-order valence-electron chi connectivity index (χ0n) is 12.5. The summed E-state index contributed by atoms with van der Waals surface area (Å²) in [6.07, 6.45) is 0. The van der Waals surface area contributed by atoms with Gasteiger partial charge in [-0.1, -0.05) is 41.9 Å². The maximum atomic E-state index is 11.8. The molecule has 0 saturated heterocycles. The van der Waals surface area contributed by atoms with Crippen molar-refractivity contribution in [3.8, 4) is 5.75 Å². The molecule has 5 nitrogen and oxygen atoms in total. The highest BCUT2D eigenvalue weighted by Crippen LogP contribution is 2.16. The molecule has 6 heteroatoms. The first-order valence-corrected chi connectivity index (χ1v) is 7.65. The molecule has 0 bridgehead atoms. The molecule has 0 aliphatic carbocycles. The molecule has 2 aromatic carbocycles. The lowest BCUT2D eigenvalue weighted by atomic mass is 10.1. The fraction of sp³-hybridized carbons (Fsp3) is 0.235. The topological polar surface area (TPSA) is 70.6 Å². The molecule has 2 aromatic rings. The normalized spacial score (nSPS) is 11.6. The number of rotatable bonds is 7. The van der Waals surface area contributed by atoms with Crippen LogP contribution in [-0.2, 0) is 0 Å². The molecule has 0 radical (unpaired) electrons. The molecule has 0 spiro atoms. The Bertz CT molecular complexity index is 605. The number of urea groups is 1. The maximum absolute atomic E-state index is 11.8. The molecule has 23 heavy (non-hydrogen) atoms. The summed E-state index contributed by atoms with van der Waals surface area (Å²) in [6, 6.07) is 15.5. The lowest BCUT2D eigenvalue weighted by Crippen LogP contribution is -2.40. The van der Waals surface area contributed by atoms with Crippen molar-refractivity contribution in [2.75, 3.05) is 19.8 Å². The molecule has 0 heterocycles. The maximum Gasteiger partial charge on any atom is 0.315 e. The second-order valence-corrected chi connectivity index (χ2v) is 5.28. The van der Waals surface area contributed by atoms with Gasteiger partial charge < -0.3 is 20.5 Å². The molecule has 0 aliphatic rings. The lowest BCUT2D eigenvalue weighted by molar-refractivity contribution is 0.214. The van der Waals surface area contributed by atoms with Crippen LogP contribution in [0.25, 0.3) is 0 Å². The first-order chi connectivity index (χ1) is 11.2. The molecule has 0 aromatic heterocycles. The van der Waals surface area contributed by atoms with E-state index in [4.69, 9.17) is 16.3 Å². The van der Waals surface area contributed by atoms with Gasteiger partial charge in [-0.05, 0) is 29.8 Å². The van der Waals surface area contributed by atoms with Crippen LogP contribution in [0.5, 0.6) is 5.75 Å². The Morgan fingerprint density at radius 1 is 1.13 bits per heavy atom. The number of halogens is 1.